The lowest BCUT2D eigenvalue weighted by atomic mass is 9.82. The van der Waals surface area contributed by atoms with Crippen molar-refractivity contribution in [2.45, 2.75) is 121 Å². The van der Waals surface area contributed by atoms with Gasteiger partial charge in [-0.05, 0) is 90.0 Å². The van der Waals surface area contributed by atoms with E-state index in [4.69, 9.17) is 9.47 Å². The van der Waals surface area contributed by atoms with Crippen LogP contribution < -0.4 is 5.32 Å². The summed E-state index contributed by atoms with van der Waals surface area (Å²) in [6.07, 6.45) is 3.66. The molecule has 4 amide bonds. The van der Waals surface area contributed by atoms with E-state index in [1.807, 2.05) is 39.8 Å². The van der Waals surface area contributed by atoms with Gasteiger partial charge in [-0.15, -0.1) is 0 Å². The molecule has 0 radical (unpaired) electrons. The van der Waals surface area contributed by atoms with Crippen LogP contribution in [0.1, 0.15) is 106 Å². The zero-order valence-corrected chi connectivity index (χ0v) is 26.2. The minimum absolute atomic E-state index is 0.138. The van der Waals surface area contributed by atoms with Gasteiger partial charge < -0.3 is 19.3 Å². The predicted octanol–water partition coefficient (Wildman–Crippen LogP) is 4.08. The molecule has 10 nitrogen and oxygen atoms in total. The number of nitrogens with one attached hydrogen (secondary N) is 1. The highest BCUT2D eigenvalue weighted by molar-refractivity contribution is 6.05. The van der Waals surface area contributed by atoms with Crippen LogP contribution in [-0.4, -0.2) is 101 Å². The van der Waals surface area contributed by atoms with Crippen LogP contribution >= 0.6 is 0 Å². The number of hydrogen-bond acceptors (Lipinski definition) is 7. The number of amides is 4. The van der Waals surface area contributed by atoms with E-state index in [-0.39, 0.29) is 48.5 Å². The summed E-state index contributed by atoms with van der Waals surface area (Å²) in [7, 11) is 0. The molecule has 0 bridgehead atoms. The largest absolute Gasteiger partial charge is 0.444 e. The van der Waals surface area contributed by atoms with E-state index in [0.717, 1.165) is 43.4 Å². The Morgan fingerprint density at radius 1 is 1.00 bits per heavy atom. The van der Waals surface area contributed by atoms with Crippen molar-refractivity contribution in [2.24, 2.45) is 0 Å². The van der Waals surface area contributed by atoms with Crippen LogP contribution in [0.15, 0.2) is 18.2 Å². The summed E-state index contributed by atoms with van der Waals surface area (Å²) in [4.78, 5) is 55.3. The van der Waals surface area contributed by atoms with Crippen LogP contribution in [0.5, 0.6) is 0 Å². The molecule has 0 aromatic heterocycles. The molecule has 6 rings (SSSR count). The van der Waals surface area contributed by atoms with Gasteiger partial charge in [-0.3, -0.25) is 24.6 Å². The Balaban J connectivity index is 0.977. The van der Waals surface area contributed by atoms with Crippen molar-refractivity contribution in [3.05, 3.63) is 34.9 Å². The number of piperidine rings is 3. The highest BCUT2D eigenvalue weighted by Gasteiger charge is 2.45. The van der Waals surface area contributed by atoms with E-state index in [2.05, 4.69) is 10.2 Å². The first kappa shape index (κ1) is 31.0. The topological polar surface area (TPSA) is 108 Å². The average Bonchev–Trinajstić information content (AvgIpc) is 3.18. The van der Waals surface area contributed by atoms with Gasteiger partial charge in [-0.25, -0.2) is 9.18 Å². The van der Waals surface area contributed by atoms with Gasteiger partial charge in [0, 0.05) is 43.6 Å². The molecular formula is C33H45FN4O6. The summed E-state index contributed by atoms with van der Waals surface area (Å²) in [5.74, 6) is -1.20. The molecule has 240 valence electrons. The molecule has 3 saturated heterocycles. The summed E-state index contributed by atoms with van der Waals surface area (Å²) in [5.41, 5.74) is 1.77. The van der Waals surface area contributed by atoms with Gasteiger partial charge >= 0.3 is 6.09 Å². The molecule has 1 aromatic rings. The number of alkyl halides is 1. The first-order chi connectivity index (χ1) is 20.9. The molecule has 44 heavy (non-hydrogen) atoms. The molecule has 11 heteroatoms. The second kappa shape index (κ2) is 12.0. The zero-order chi connectivity index (χ0) is 31.3. The van der Waals surface area contributed by atoms with Crippen LogP contribution in [0.25, 0.3) is 0 Å². The minimum Gasteiger partial charge on any atom is -0.444 e. The molecule has 5 aliphatic rings. The van der Waals surface area contributed by atoms with Gasteiger partial charge in [-0.2, -0.15) is 0 Å². The van der Waals surface area contributed by atoms with Gasteiger partial charge in [-0.1, -0.05) is 12.1 Å². The number of rotatable bonds is 5. The van der Waals surface area contributed by atoms with E-state index in [1.54, 1.807) is 15.9 Å². The number of hydrogen-bond donors (Lipinski definition) is 1. The van der Waals surface area contributed by atoms with Crippen LogP contribution in [0, 0.1) is 0 Å². The van der Waals surface area contributed by atoms with Gasteiger partial charge in [0.2, 0.25) is 11.8 Å². The van der Waals surface area contributed by atoms with Crippen molar-refractivity contribution < 1.29 is 33.0 Å². The van der Waals surface area contributed by atoms with Gasteiger partial charge in [0.25, 0.3) is 5.91 Å². The summed E-state index contributed by atoms with van der Waals surface area (Å²) in [5, 5.41) is 2.35. The van der Waals surface area contributed by atoms with Crippen LogP contribution in [-0.2, 0) is 19.1 Å². The molecule has 4 aliphatic heterocycles. The molecule has 4 unspecified atom stereocenters. The predicted molar refractivity (Wildman–Crippen MR) is 160 cm³/mol. The third-order valence-corrected chi connectivity index (χ3v) is 10.0. The summed E-state index contributed by atoms with van der Waals surface area (Å²) < 4.78 is 27.5. The maximum atomic E-state index is 15.7. The third-order valence-electron chi connectivity index (χ3n) is 10.0. The molecule has 1 N–H and O–H groups in total. The number of carbonyl (C=O) groups is 4. The molecule has 4 fully saturated rings. The first-order valence-corrected chi connectivity index (χ1v) is 16.2. The normalized spacial score (nSPS) is 31.9. The zero-order valence-electron chi connectivity index (χ0n) is 26.2. The number of likely N-dealkylation sites (tertiary alicyclic amines) is 2. The van der Waals surface area contributed by atoms with Crippen molar-refractivity contribution in [3.8, 4) is 0 Å². The fraction of sp³-hybridized carbons (Fsp3) is 0.697. The minimum atomic E-state index is -1.02. The Hall–Kier alpha value is -3.05. The number of nitrogens with zero attached hydrogens (tertiary/aromatic N) is 3. The Morgan fingerprint density at radius 3 is 2.39 bits per heavy atom. The summed E-state index contributed by atoms with van der Waals surface area (Å²) in [6.45, 7) is 9.98. The molecule has 0 spiro atoms. The maximum Gasteiger partial charge on any atom is 0.410 e. The molecule has 1 aromatic carbocycles. The van der Waals surface area contributed by atoms with E-state index in [1.165, 1.54) is 0 Å². The molecule has 4 heterocycles. The van der Waals surface area contributed by atoms with Crippen molar-refractivity contribution in [2.75, 3.05) is 26.2 Å². The van der Waals surface area contributed by atoms with Crippen LogP contribution in [0.3, 0.4) is 0 Å². The lowest BCUT2D eigenvalue weighted by Crippen LogP contribution is -2.54. The molecule has 4 atom stereocenters. The maximum absolute atomic E-state index is 15.7. The smallest absolute Gasteiger partial charge is 0.410 e. The standard InChI is InChI=1S/C33H45FN4O6/c1-19-26-15-20(5-6-25(26)31(41)38(19)28-7-8-29(39)35-30(28)40)24-11-14-37(18-27(24)34)21-16-23(17-21)43-22-9-12-36(13-10-22)32(42)44-33(2,3)4/h5-6,15,19,21-24,27-28H,7-14,16-18H2,1-4H3,(H,35,39,40). The Labute approximate surface area is 258 Å². The van der Waals surface area contributed by atoms with Gasteiger partial charge in [0.15, 0.2) is 0 Å². The SMILES string of the molecule is CC1c2cc(C3CCN(C4CC(OC5CCN(C(=O)OC(C)(C)C)CC5)C4)CC3F)ccc2C(=O)N1C1CCC(=O)NC1=O. The van der Waals surface area contributed by atoms with Gasteiger partial charge in [0.05, 0.1) is 18.2 Å². The second-order valence-corrected chi connectivity index (χ2v) is 14.2. The summed E-state index contributed by atoms with van der Waals surface area (Å²) in [6, 6.07) is 4.92. The van der Waals surface area contributed by atoms with Crippen molar-refractivity contribution in [1.29, 1.82) is 0 Å². The number of imide groups is 1. The second-order valence-electron chi connectivity index (χ2n) is 14.2. The van der Waals surface area contributed by atoms with Crippen molar-refractivity contribution in [3.63, 3.8) is 0 Å². The Bertz CT molecular complexity index is 1300. The molecule has 1 saturated carbocycles. The van der Waals surface area contributed by atoms with E-state index >= 15 is 4.39 Å². The van der Waals surface area contributed by atoms with E-state index in [0.29, 0.717) is 44.1 Å². The third kappa shape index (κ3) is 6.22. The van der Waals surface area contributed by atoms with E-state index < -0.39 is 23.7 Å². The van der Waals surface area contributed by atoms with Crippen LogP contribution in [0.4, 0.5) is 9.18 Å². The van der Waals surface area contributed by atoms with Crippen molar-refractivity contribution >= 4 is 23.8 Å². The quantitative estimate of drug-likeness (QED) is 0.500. The van der Waals surface area contributed by atoms with Crippen LogP contribution in [0.2, 0.25) is 0 Å². The Morgan fingerprint density at radius 2 is 1.73 bits per heavy atom. The molecule has 1 aliphatic carbocycles. The highest BCUT2D eigenvalue weighted by atomic mass is 19.1. The number of halogens is 1. The highest BCUT2D eigenvalue weighted by Crippen LogP contribution is 2.41. The number of ether oxygens (including phenoxy) is 2. The fourth-order valence-electron chi connectivity index (χ4n) is 7.53. The monoisotopic (exact) mass is 612 g/mol. The van der Waals surface area contributed by atoms with Gasteiger partial charge in [0.1, 0.15) is 17.8 Å². The summed E-state index contributed by atoms with van der Waals surface area (Å²) >= 11 is 0. The fourth-order valence-corrected chi connectivity index (χ4v) is 7.53. The van der Waals surface area contributed by atoms with E-state index in [9.17, 15) is 19.2 Å². The Kier molecular flexibility index (Phi) is 8.47. The lowest BCUT2D eigenvalue weighted by molar-refractivity contribution is -0.137. The number of carbonyl (C=O) groups excluding carboxylic acids is 4. The number of benzene rings is 1. The van der Waals surface area contributed by atoms with Crippen molar-refractivity contribution in [1.82, 2.24) is 20.0 Å². The lowest BCUT2D eigenvalue weighted by Gasteiger charge is -2.47. The average molecular weight is 613 g/mol. The number of fused-ring (bicyclic) bond motifs is 1. The first-order valence-electron chi connectivity index (χ1n) is 16.2. The molecular weight excluding hydrogens is 567 g/mol.